The molecular weight excluding hydrogens is 704 g/mol. The zero-order chi connectivity index (χ0) is 21.4. The minimum absolute atomic E-state index is 0. The van der Waals surface area contributed by atoms with E-state index in [0.717, 1.165) is 13.0 Å². The third-order valence-corrected chi connectivity index (χ3v) is 0.289. The van der Waals surface area contributed by atoms with Gasteiger partial charge in [0.25, 0.3) is 0 Å². The smallest absolute Gasteiger partial charge is 0.822 e. The van der Waals surface area contributed by atoms with E-state index in [0.29, 0.717) is 0 Å². The average molecular weight is 713 g/mol. The molecule has 0 amide bonds. The molecule has 0 aromatic carbocycles. The van der Waals surface area contributed by atoms with E-state index in [1.807, 2.05) is 0 Å². The van der Waals surface area contributed by atoms with Crippen molar-refractivity contribution in [3.8, 4) is 0 Å². The Balaban J connectivity index is -0.0000000272. The van der Waals surface area contributed by atoms with Crippen LogP contribution in [0.15, 0.2) is 0 Å². The standard InChI is InChI=1S/C3H9N.4H3O4P.3Zr/c1-2-3-4;4*1-5(2,3)4;;;/h2-4H2,1H3;4*(H3,1,2,3,4);;;/q;;;;;3*+4/p-12. The van der Waals surface area contributed by atoms with Gasteiger partial charge in [-0.25, -0.2) is 0 Å². The average Bonchev–Trinajstić information content (AvgIpc) is 2.05. The number of hydrogen-bond donors (Lipinski definition) is 1. The van der Waals surface area contributed by atoms with Crippen molar-refractivity contribution in [3.63, 3.8) is 0 Å². The molecule has 17 nitrogen and oxygen atoms in total. The zero-order valence-corrected chi connectivity index (χ0v) is 23.8. The molecule has 0 aromatic heterocycles. The molecule has 0 saturated heterocycles. The second-order valence-corrected chi connectivity index (χ2v) is 6.16. The summed E-state index contributed by atoms with van der Waals surface area (Å²) >= 11 is 0. The Morgan fingerprint density at radius 1 is 0.519 bits per heavy atom. The van der Waals surface area contributed by atoms with Gasteiger partial charge in [-0.3, -0.25) is 0 Å². The fraction of sp³-hybridized carbons (Fsp3) is 1.00. The molecule has 0 aromatic rings. The van der Waals surface area contributed by atoms with Gasteiger partial charge in [-0.05, 0) is 13.0 Å². The SMILES string of the molecule is CCCN.O=P([O-])([O-])[O-].O=P([O-])([O-])[O-].O=P([O-])([O-])[O-].O=P([O-])([O-])[O-].[Zr+4].[Zr+4].[Zr+4]. The van der Waals surface area contributed by atoms with Gasteiger partial charge < -0.3 is 82.7 Å². The number of hydrogen-bond acceptors (Lipinski definition) is 17. The summed E-state index contributed by atoms with van der Waals surface area (Å²) in [7, 11) is -21.6. The Morgan fingerprint density at radius 2 is 0.556 bits per heavy atom. The van der Waals surface area contributed by atoms with E-state index in [9.17, 15) is 0 Å². The molecular formula is C3H9NO16P4Zr3. The van der Waals surface area contributed by atoms with E-state index in [1.165, 1.54) is 0 Å². The Morgan fingerprint density at radius 3 is 0.556 bits per heavy atom. The van der Waals surface area contributed by atoms with Crippen molar-refractivity contribution in [2.24, 2.45) is 5.73 Å². The van der Waals surface area contributed by atoms with Gasteiger partial charge in [-0.15, -0.1) is 0 Å². The van der Waals surface area contributed by atoms with Crippen LogP contribution in [0.3, 0.4) is 0 Å². The van der Waals surface area contributed by atoms with E-state index in [-0.39, 0.29) is 78.6 Å². The maximum atomic E-state index is 8.55. The van der Waals surface area contributed by atoms with Crippen LogP contribution in [0.1, 0.15) is 13.3 Å². The van der Waals surface area contributed by atoms with E-state index in [2.05, 4.69) is 6.92 Å². The van der Waals surface area contributed by atoms with E-state index in [1.54, 1.807) is 0 Å². The van der Waals surface area contributed by atoms with Gasteiger partial charge >= 0.3 is 78.6 Å². The van der Waals surface area contributed by atoms with Crippen molar-refractivity contribution >= 4 is 31.3 Å². The molecule has 0 spiro atoms. The molecule has 0 unspecified atom stereocenters. The molecule has 0 atom stereocenters. The largest absolute Gasteiger partial charge is 4.00 e. The molecule has 0 saturated carbocycles. The third kappa shape index (κ3) is 1300. The molecule has 0 rings (SSSR count). The maximum Gasteiger partial charge on any atom is 4.00 e. The van der Waals surface area contributed by atoms with Crippen LogP contribution in [-0.4, -0.2) is 6.54 Å². The molecule has 0 fully saturated rings. The first-order chi connectivity index (χ1) is 9.91. The second-order valence-electron chi connectivity index (χ2n) is 2.58. The van der Waals surface area contributed by atoms with Crippen molar-refractivity contribution in [1.29, 1.82) is 0 Å². The summed E-state index contributed by atoms with van der Waals surface area (Å²) in [5.74, 6) is 0. The van der Waals surface area contributed by atoms with Crippen LogP contribution in [-0.2, 0) is 96.9 Å². The topological polar surface area (TPSA) is 371 Å². The number of rotatable bonds is 1. The molecule has 0 aliphatic rings. The van der Waals surface area contributed by atoms with Crippen LogP contribution >= 0.6 is 31.3 Å². The van der Waals surface area contributed by atoms with Crippen LogP contribution < -0.4 is 64.5 Å². The summed E-state index contributed by atoms with van der Waals surface area (Å²) in [6.45, 7) is 2.88. The Bertz CT molecular complexity index is 337. The molecule has 24 heteroatoms. The van der Waals surface area contributed by atoms with Crippen LogP contribution in [0.5, 0.6) is 0 Å². The fourth-order valence-corrected chi connectivity index (χ4v) is 0. The third-order valence-electron chi connectivity index (χ3n) is 0.289. The summed E-state index contributed by atoms with van der Waals surface area (Å²) in [6, 6.07) is 0. The van der Waals surface area contributed by atoms with Crippen molar-refractivity contribution < 1.29 is 156 Å². The Labute approximate surface area is 210 Å². The molecule has 0 radical (unpaired) electrons. The van der Waals surface area contributed by atoms with Gasteiger partial charge in [0, 0.05) is 0 Å². The van der Waals surface area contributed by atoms with Gasteiger partial charge in [0.05, 0.1) is 0 Å². The van der Waals surface area contributed by atoms with Gasteiger partial charge in [0.1, 0.15) is 0 Å². The molecule has 2 N–H and O–H groups in total. The normalized spacial score (nSPS) is 9.85. The Hall–Kier alpha value is 3.05. The monoisotopic (exact) mass is 709 g/mol. The van der Waals surface area contributed by atoms with Gasteiger partial charge in [0.2, 0.25) is 0 Å². The first-order valence-corrected chi connectivity index (χ1v) is 10.4. The summed E-state index contributed by atoms with van der Waals surface area (Å²) < 4.78 is 34.2. The van der Waals surface area contributed by atoms with Crippen LogP contribution in [0.2, 0.25) is 0 Å². The molecule has 154 valence electrons. The molecule has 0 heterocycles. The van der Waals surface area contributed by atoms with Crippen LogP contribution in [0, 0.1) is 0 Å². The summed E-state index contributed by atoms with van der Waals surface area (Å²) in [6.07, 6.45) is 1.10. The van der Waals surface area contributed by atoms with Gasteiger partial charge in [0.15, 0.2) is 0 Å². The maximum absolute atomic E-state index is 8.55. The first-order valence-electron chi connectivity index (χ1n) is 4.54. The Kier molecular flexibility index (Phi) is 52.3. The van der Waals surface area contributed by atoms with Gasteiger partial charge in [-0.2, -0.15) is 31.3 Å². The van der Waals surface area contributed by atoms with E-state index >= 15 is 0 Å². The quantitative estimate of drug-likeness (QED) is 0.246. The molecule has 27 heavy (non-hydrogen) atoms. The number of phosphoric acid groups is 4. The van der Waals surface area contributed by atoms with Gasteiger partial charge in [-0.1, -0.05) is 6.92 Å². The van der Waals surface area contributed by atoms with Crippen LogP contribution in [0.25, 0.3) is 0 Å². The summed E-state index contributed by atoms with van der Waals surface area (Å²) in [4.78, 5) is 103. The second kappa shape index (κ2) is 27.1. The predicted octanol–water partition coefficient (Wildman–Crippen LogP) is -11.0. The summed E-state index contributed by atoms with van der Waals surface area (Å²) in [5.41, 5.74) is 5.03. The van der Waals surface area contributed by atoms with Crippen LogP contribution in [0.4, 0.5) is 0 Å². The minimum atomic E-state index is -5.39. The molecule has 0 aliphatic heterocycles. The van der Waals surface area contributed by atoms with E-state index in [4.69, 9.17) is 82.7 Å². The van der Waals surface area contributed by atoms with E-state index < -0.39 is 31.3 Å². The van der Waals surface area contributed by atoms with Crippen molar-refractivity contribution in [1.82, 2.24) is 0 Å². The number of nitrogens with two attached hydrogens (primary N) is 1. The van der Waals surface area contributed by atoms with Crippen molar-refractivity contribution in [2.75, 3.05) is 6.54 Å². The zero-order valence-electron chi connectivity index (χ0n) is 12.8. The summed E-state index contributed by atoms with van der Waals surface area (Å²) in [5, 5.41) is 0. The first kappa shape index (κ1) is 52.2. The minimum Gasteiger partial charge on any atom is -0.822 e. The predicted molar refractivity (Wildman–Crippen MR) is 49.8 cm³/mol. The molecule has 0 aliphatic carbocycles. The van der Waals surface area contributed by atoms with Crippen molar-refractivity contribution in [3.05, 3.63) is 0 Å². The van der Waals surface area contributed by atoms with Crippen molar-refractivity contribution in [2.45, 2.75) is 13.3 Å². The molecule has 0 bridgehead atoms. The fourth-order valence-electron chi connectivity index (χ4n) is 0.